The molecule has 1 N–H and O–H groups in total. The Kier molecular flexibility index (Phi) is 8.04. The number of esters is 1. The smallest absolute Gasteiger partial charge is 0.339 e. The number of pyridine rings is 1. The molecule has 0 saturated carbocycles. The topological polar surface area (TPSA) is 115 Å². The molecule has 1 saturated heterocycles. The van der Waals surface area contributed by atoms with Crippen LogP contribution >= 0.6 is 0 Å². The van der Waals surface area contributed by atoms with Crippen molar-refractivity contribution in [1.29, 1.82) is 0 Å². The molecular formula is C23H29N3O6S. The summed E-state index contributed by atoms with van der Waals surface area (Å²) in [5, 5.41) is 2.69. The van der Waals surface area contributed by atoms with E-state index in [-0.39, 0.29) is 28.5 Å². The number of aromatic nitrogens is 1. The number of anilines is 1. The van der Waals surface area contributed by atoms with Gasteiger partial charge >= 0.3 is 5.97 Å². The summed E-state index contributed by atoms with van der Waals surface area (Å²) in [6.45, 7) is 6.56. The van der Waals surface area contributed by atoms with E-state index in [4.69, 9.17) is 9.47 Å². The highest BCUT2D eigenvalue weighted by Gasteiger charge is 2.29. The van der Waals surface area contributed by atoms with Gasteiger partial charge in [0.2, 0.25) is 10.0 Å². The molecule has 33 heavy (non-hydrogen) atoms. The van der Waals surface area contributed by atoms with Crippen molar-refractivity contribution < 1.29 is 27.5 Å². The van der Waals surface area contributed by atoms with E-state index in [9.17, 15) is 18.0 Å². The van der Waals surface area contributed by atoms with Crippen molar-refractivity contribution in [2.45, 2.75) is 44.9 Å². The lowest BCUT2D eigenvalue weighted by Gasteiger charge is -2.27. The number of carbonyl (C=O) groups is 2. The molecule has 178 valence electrons. The number of rotatable bonds is 8. The first-order valence-corrected chi connectivity index (χ1v) is 12.4. The van der Waals surface area contributed by atoms with Gasteiger partial charge in [-0.05, 0) is 63.9 Å². The number of hydrogen-bond acceptors (Lipinski definition) is 7. The monoisotopic (exact) mass is 475 g/mol. The Hall–Kier alpha value is -2.98. The predicted molar refractivity (Wildman–Crippen MR) is 123 cm³/mol. The average Bonchev–Trinajstić information content (AvgIpc) is 2.80. The Balaban J connectivity index is 1.86. The Labute approximate surface area is 194 Å². The standard InChI is InChI=1S/C23H29N3O6S/c1-4-31-20-12-9-17(15-21(20)33(29,30)26-13-7-6-8-14-26)25-22(27)19-11-10-18(16(3)24-19)23(28)32-5-2/h9-12,15H,4-8,13-14H2,1-3H3,(H,25,27). The first-order valence-electron chi connectivity index (χ1n) is 11.0. The Bertz CT molecular complexity index is 1130. The fourth-order valence-corrected chi connectivity index (χ4v) is 5.29. The minimum atomic E-state index is -3.78. The van der Waals surface area contributed by atoms with Crippen molar-refractivity contribution in [2.75, 3.05) is 31.6 Å². The third-order valence-electron chi connectivity index (χ3n) is 5.25. The largest absolute Gasteiger partial charge is 0.492 e. The Morgan fingerprint density at radius 3 is 2.42 bits per heavy atom. The van der Waals surface area contributed by atoms with Gasteiger partial charge in [0.05, 0.1) is 24.5 Å². The van der Waals surface area contributed by atoms with E-state index < -0.39 is 21.9 Å². The van der Waals surface area contributed by atoms with Crippen molar-refractivity contribution in [3.8, 4) is 5.75 Å². The van der Waals surface area contributed by atoms with Gasteiger partial charge in [-0.1, -0.05) is 6.42 Å². The molecule has 1 aliphatic rings. The highest BCUT2D eigenvalue weighted by atomic mass is 32.2. The molecular weight excluding hydrogens is 446 g/mol. The van der Waals surface area contributed by atoms with E-state index in [2.05, 4.69) is 10.3 Å². The maximum atomic E-state index is 13.3. The SMILES string of the molecule is CCOC(=O)c1ccc(C(=O)Nc2ccc(OCC)c(S(=O)(=O)N3CCCCC3)c2)nc1C. The molecule has 0 spiro atoms. The third kappa shape index (κ3) is 5.69. The van der Waals surface area contributed by atoms with Crippen LogP contribution in [-0.4, -0.2) is 55.9 Å². The van der Waals surface area contributed by atoms with Crippen LogP contribution < -0.4 is 10.1 Å². The van der Waals surface area contributed by atoms with Gasteiger partial charge in [-0.25, -0.2) is 18.2 Å². The molecule has 2 aromatic rings. The zero-order valence-electron chi connectivity index (χ0n) is 19.1. The minimum Gasteiger partial charge on any atom is -0.492 e. The first-order chi connectivity index (χ1) is 15.8. The molecule has 0 aliphatic carbocycles. The van der Waals surface area contributed by atoms with E-state index in [1.54, 1.807) is 32.9 Å². The lowest BCUT2D eigenvalue weighted by molar-refractivity contribution is 0.0524. The molecule has 1 aromatic carbocycles. The van der Waals surface area contributed by atoms with Crippen LogP contribution in [0.1, 0.15) is 59.7 Å². The van der Waals surface area contributed by atoms with Crippen molar-refractivity contribution in [3.63, 3.8) is 0 Å². The molecule has 0 bridgehead atoms. The van der Waals surface area contributed by atoms with Gasteiger partial charge in [0.25, 0.3) is 5.91 Å². The minimum absolute atomic E-state index is 0.0193. The first kappa shape index (κ1) is 24.7. The number of ether oxygens (including phenoxy) is 2. The van der Waals surface area contributed by atoms with Crippen molar-refractivity contribution in [1.82, 2.24) is 9.29 Å². The second-order valence-corrected chi connectivity index (χ2v) is 9.47. The van der Waals surface area contributed by atoms with Crippen LogP contribution in [0.4, 0.5) is 5.69 Å². The van der Waals surface area contributed by atoms with E-state index in [1.165, 1.54) is 22.5 Å². The summed E-state index contributed by atoms with van der Waals surface area (Å²) >= 11 is 0. The third-order valence-corrected chi connectivity index (χ3v) is 7.17. The van der Waals surface area contributed by atoms with Crippen molar-refractivity contribution in [2.24, 2.45) is 0 Å². The number of piperidine rings is 1. The van der Waals surface area contributed by atoms with Gasteiger partial charge in [-0.15, -0.1) is 0 Å². The highest BCUT2D eigenvalue weighted by Crippen LogP contribution is 2.31. The summed E-state index contributed by atoms with van der Waals surface area (Å²) < 4.78 is 38.5. The fourth-order valence-electron chi connectivity index (χ4n) is 3.61. The zero-order chi connectivity index (χ0) is 24.0. The number of hydrogen-bond donors (Lipinski definition) is 1. The van der Waals surface area contributed by atoms with Crippen molar-refractivity contribution >= 4 is 27.6 Å². The summed E-state index contributed by atoms with van der Waals surface area (Å²) in [4.78, 5) is 28.9. The van der Waals surface area contributed by atoms with Crippen LogP contribution in [-0.2, 0) is 14.8 Å². The van der Waals surface area contributed by atoms with E-state index in [1.807, 2.05) is 0 Å². The van der Waals surface area contributed by atoms with E-state index in [0.717, 1.165) is 19.3 Å². The van der Waals surface area contributed by atoms with Gasteiger partial charge in [0.1, 0.15) is 16.3 Å². The summed E-state index contributed by atoms with van der Waals surface area (Å²) in [7, 11) is -3.78. The average molecular weight is 476 g/mol. The molecule has 2 heterocycles. The summed E-state index contributed by atoms with van der Waals surface area (Å²) in [6, 6.07) is 7.44. The second kappa shape index (κ2) is 10.8. The molecule has 9 nitrogen and oxygen atoms in total. The van der Waals surface area contributed by atoms with Crippen LogP contribution in [0.2, 0.25) is 0 Å². The lowest BCUT2D eigenvalue weighted by Crippen LogP contribution is -2.35. The number of benzene rings is 1. The summed E-state index contributed by atoms with van der Waals surface area (Å²) in [5.41, 5.74) is 1.04. The van der Waals surface area contributed by atoms with E-state index in [0.29, 0.717) is 31.1 Å². The molecule has 0 atom stereocenters. The predicted octanol–water partition coefficient (Wildman–Crippen LogP) is 3.39. The van der Waals surface area contributed by atoms with Gasteiger partial charge in [-0.3, -0.25) is 4.79 Å². The van der Waals surface area contributed by atoms with Crippen LogP contribution in [0.25, 0.3) is 0 Å². The number of aryl methyl sites for hydroxylation is 1. The van der Waals surface area contributed by atoms with Crippen molar-refractivity contribution in [3.05, 3.63) is 47.3 Å². The molecule has 1 aliphatic heterocycles. The Morgan fingerprint density at radius 1 is 1.06 bits per heavy atom. The summed E-state index contributed by atoms with van der Waals surface area (Å²) in [5.74, 6) is -0.790. The Morgan fingerprint density at radius 2 is 1.79 bits per heavy atom. The van der Waals surface area contributed by atoms with Gasteiger partial charge in [-0.2, -0.15) is 4.31 Å². The van der Waals surface area contributed by atoms with E-state index >= 15 is 0 Å². The maximum Gasteiger partial charge on any atom is 0.339 e. The van der Waals surface area contributed by atoms with Crippen LogP contribution in [0, 0.1) is 6.92 Å². The van der Waals surface area contributed by atoms with Crippen LogP contribution in [0.15, 0.2) is 35.2 Å². The molecule has 1 amide bonds. The highest BCUT2D eigenvalue weighted by molar-refractivity contribution is 7.89. The summed E-state index contributed by atoms with van der Waals surface area (Å²) in [6.07, 6.45) is 2.63. The van der Waals surface area contributed by atoms with Crippen LogP contribution in [0.3, 0.4) is 0 Å². The van der Waals surface area contributed by atoms with Gasteiger partial charge in [0.15, 0.2) is 0 Å². The number of carbonyl (C=O) groups excluding carboxylic acids is 2. The number of amides is 1. The molecule has 1 aromatic heterocycles. The number of sulfonamides is 1. The number of nitrogens with one attached hydrogen (secondary N) is 1. The van der Waals surface area contributed by atoms with Gasteiger partial charge in [0, 0.05) is 18.8 Å². The van der Waals surface area contributed by atoms with Gasteiger partial charge < -0.3 is 14.8 Å². The maximum absolute atomic E-state index is 13.3. The molecule has 3 rings (SSSR count). The second-order valence-electron chi connectivity index (χ2n) is 7.56. The normalized spacial score (nSPS) is 14.5. The number of nitrogens with zero attached hydrogens (tertiary/aromatic N) is 2. The zero-order valence-corrected chi connectivity index (χ0v) is 19.9. The lowest BCUT2D eigenvalue weighted by atomic mass is 10.2. The molecule has 0 unspecified atom stereocenters. The molecule has 0 radical (unpaired) electrons. The quantitative estimate of drug-likeness (QED) is 0.582. The fraction of sp³-hybridized carbons (Fsp3) is 0.435. The molecule has 1 fully saturated rings. The van der Waals surface area contributed by atoms with Crippen LogP contribution in [0.5, 0.6) is 5.75 Å². The molecule has 10 heteroatoms.